The van der Waals surface area contributed by atoms with Crippen molar-refractivity contribution in [1.82, 2.24) is 19.6 Å². The van der Waals surface area contributed by atoms with Crippen LogP contribution in [0, 0.1) is 0 Å². The molecule has 0 unspecified atom stereocenters. The van der Waals surface area contributed by atoms with Gasteiger partial charge in [-0.1, -0.05) is 43.4 Å². The van der Waals surface area contributed by atoms with Gasteiger partial charge in [0.25, 0.3) is 11.5 Å². The molecule has 10 nitrogen and oxygen atoms in total. The van der Waals surface area contributed by atoms with E-state index in [2.05, 4.69) is 10.3 Å². The molecule has 2 fully saturated rings. The number of esters is 1. The first-order valence-electron chi connectivity index (χ1n) is 11.2. The predicted molar refractivity (Wildman–Crippen MR) is 137 cm³/mol. The standard InChI is InChI=1S/C23H25N5O5S2/c1-3-4-9-28-22(32)16(35-23(28)34)12-14-19(25-17-7-5-6-10-27(17)21(14)31)26-11-8-24-20(30)15(26)13-18(29)33-2/h5-7,10,12,15H,3-4,8-9,11,13H2,1-2H3,(H,24,30)/b16-12-/t15-/m0/s1. The van der Waals surface area contributed by atoms with Gasteiger partial charge in [-0.3, -0.25) is 28.5 Å². The Kier molecular flexibility index (Phi) is 7.51. The summed E-state index contributed by atoms with van der Waals surface area (Å²) in [7, 11) is 1.25. The maximum Gasteiger partial charge on any atom is 0.308 e. The number of carbonyl (C=O) groups excluding carboxylic acids is 3. The largest absolute Gasteiger partial charge is 0.469 e. The topological polar surface area (TPSA) is 113 Å². The molecule has 2 aromatic rings. The van der Waals surface area contributed by atoms with Crippen LogP contribution in [0.5, 0.6) is 0 Å². The van der Waals surface area contributed by atoms with Crippen LogP contribution in [0.1, 0.15) is 31.7 Å². The van der Waals surface area contributed by atoms with Crippen LogP contribution in [-0.2, 0) is 19.1 Å². The van der Waals surface area contributed by atoms with Crippen molar-refractivity contribution in [3.8, 4) is 0 Å². The zero-order valence-electron chi connectivity index (χ0n) is 19.4. The van der Waals surface area contributed by atoms with Gasteiger partial charge in [-0.2, -0.15) is 0 Å². The van der Waals surface area contributed by atoms with Crippen molar-refractivity contribution in [2.75, 3.05) is 31.6 Å². The van der Waals surface area contributed by atoms with E-state index in [1.54, 1.807) is 29.3 Å². The smallest absolute Gasteiger partial charge is 0.308 e. The van der Waals surface area contributed by atoms with E-state index in [9.17, 15) is 19.2 Å². The Labute approximate surface area is 211 Å². The van der Waals surface area contributed by atoms with E-state index in [0.717, 1.165) is 24.6 Å². The van der Waals surface area contributed by atoms with Gasteiger partial charge in [0.05, 0.1) is 24.0 Å². The van der Waals surface area contributed by atoms with Gasteiger partial charge < -0.3 is 15.0 Å². The molecule has 2 amide bonds. The fourth-order valence-corrected chi connectivity index (χ4v) is 5.28. The number of amides is 2. The fraction of sp³-hybridized carbons (Fsp3) is 0.391. The minimum absolute atomic E-state index is 0.147. The molecule has 1 N–H and O–H groups in total. The van der Waals surface area contributed by atoms with E-state index in [4.69, 9.17) is 17.0 Å². The lowest BCUT2D eigenvalue weighted by Crippen LogP contribution is -2.57. The van der Waals surface area contributed by atoms with Crippen LogP contribution in [0.3, 0.4) is 0 Å². The second-order valence-electron chi connectivity index (χ2n) is 8.05. The number of fused-ring (bicyclic) bond motifs is 1. The number of nitrogens with one attached hydrogen (secondary N) is 1. The Balaban J connectivity index is 1.85. The number of unbranched alkanes of at least 4 members (excludes halogenated alkanes) is 1. The van der Waals surface area contributed by atoms with Crippen molar-refractivity contribution >= 4 is 63.6 Å². The summed E-state index contributed by atoms with van der Waals surface area (Å²) in [5, 5.41) is 2.75. The summed E-state index contributed by atoms with van der Waals surface area (Å²) in [6, 6.07) is 4.22. The van der Waals surface area contributed by atoms with E-state index in [-0.39, 0.29) is 29.6 Å². The molecular formula is C23H25N5O5S2. The monoisotopic (exact) mass is 515 g/mol. The zero-order chi connectivity index (χ0) is 25.1. The molecule has 12 heteroatoms. The van der Waals surface area contributed by atoms with Gasteiger partial charge >= 0.3 is 5.97 Å². The first-order valence-corrected chi connectivity index (χ1v) is 12.5. The summed E-state index contributed by atoms with van der Waals surface area (Å²) >= 11 is 6.53. The quantitative estimate of drug-likeness (QED) is 0.333. The van der Waals surface area contributed by atoms with Crippen LogP contribution in [0.25, 0.3) is 11.7 Å². The van der Waals surface area contributed by atoms with Crippen molar-refractivity contribution in [1.29, 1.82) is 0 Å². The van der Waals surface area contributed by atoms with E-state index in [1.165, 1.54) is 22.5 Å². The number of carbonyl (C=O) groups is 3. The second kappa shape index (κ2) is 10.6. The molecule has 0 aromatic carbocycles. The Morgan fingerprint density at radius 3 is 2.89 bits per heavy atom. The SMILES string of the molecule is CCCCN1C(=O)/C(=C/c2c(N3CCNC(=O)[C@@H]3CC(=O)OC)nc3ccccn3c2=O)SC1=S. The van der Waals surface area contributed by atoms with Gasteiger partial charge in [-0.05, 0) is 24.6 Å². The molecule has 2 aliphatic heterocycles. The molecule has 0 saturated carbocycles. The molecule has 184 valence electrons. The highest BCUT2D eigenvalue weighted by atomic mass is 32.2. The van der Waals surface area contributed by atoms with E-state index >= 15 is 0 Å². The lowest BCUT2D eigenvalue weighted by Gasteiger charge is -2.36. The highest BCUT2D eigenvalue weighted by molar-refractivity contribution is 8.26. The number of thiocarbonyl (C=S) groups is 1. The minimum atomic E-state index is -0.916. The molecule has 0 radical (unpaired) electrons. The van der Waals surface area contributed by atoms with Gasteiger partial charge in [0.1, 0.15) is 21.8 Å². The average Bonchev–Trinajstić information content (AvgIpc) is 3.12. The predicted octanol–water partition coefficient (Wildman–Crippen LogP) is 1.56. The molecule has 4 rings (SSSR count). The van der Waals surface area contributed by atoms with Gasteiger partial charge in [0.15, 0.2) is 0 Å². The molecular weight excluding hydrogens is 490 g/mol. The Morgan fingerprint density at radius 2 is 2.14 bits per heavy atom. The maximum absolute atomic E-state index is 13.6. The van der Waals surface area contributed by atoms with Crippen LogP contribution < -0.4 is 15.8 Å². The number of hydrogen-bond donors (Lipinski definition) is 1. The summed E-state index contributed by atoms with van der Waals surface area (Å²) in [5.74, 6) is -0.968. The van der Waals surface area contributed by atoms with Gasteiger partial charge in [-0.15, -0.1) is 0 Å². The lowest BCUT2D eigenvalue weighted by molar-refractivity contribution is -0.143. The first kappa shape index (κ1) is 24.9. The molecule has 2 aliphatic rings. The van der Waals surface area contributed by atoms with Crippen molar-refractivity contribution in [2.45, 2.75) is 32.2 Å². The Hall–Kier alpha value is -3.25. The van der Waals surface area contributed by atoms with Crippen LogP contribution in [0.4, 0.5) is 5.82 Å². The number of ether oxygens (including phenoxy) is 1. The Bertz CT molecular complexity index is 1290. The molecule has 1 atom stereocenters. The molecule has 4 heterocycles. The first-order chi connectivity index (χ1) is 16.8. The normalized spacial score (nSPS) is 19.5. The number of nitrogens with zero attached hydrogens (tertiary/aromatic N) is 4. The molecule has 0 spiro atoms. The molecule has 0 aliphatic carbocycles. The van der Waals surface area contributed by atoms with Crippen LogP contribution >= 0.6 is 24.0 Å². The van der Waals surface area contributed by atoms with Crippen LogP contribution in [0.2, 0.25) is 0 Å². The van der Waals surface area contributed by atoms with Gasteiger partial charge in [0, 0.05) is 25.8 Å². The number of aromatic nitrogens is 2. The summed E-state index contributed by atoms with van der Waals surface area (Å²) < 4.78 is 6.59. The number of piperazine rings is 1. The summed E-state index contributed by atoms with van der Waals surface area (Å²) in [5.41, 5.74) is 0.129. The minimum Gasteiger partial charge on any atom is -0.469 e. The van der Waals surface area contributed by atoms with Crippen molar-refractivity contribution in [3.63, 3.8) is 0 Å². The average molecular weight is 516 g/mol. The highest BCUT2D eigenvalue weighted by Crippen LogP contribution is 2.34. The van der Waals surface area contributed by atoms with Crippen LogP contribution in [-0.4, -0.2) is 69.2 Å². The third-order valence-corrected chi connectivity index (χ3v) is 7.20. The van der Waals surface area contributed by atoms with E-state index in [1.807, 2.05) is 6.92 Å². The number of anilines is 1. The second-order valence-corrected chi connectivity index (χ2v) is 9.73. The van der Waals surface area contributed by atoms with Crippen molar-refractivity contribution in [3.05, 3.63) is 45.2 Å². The third kappa shape index (κ3) is 4.94. The molecule has 0 bridgehead atoms. The van der Waals surface area contributed by atoms with E-state index < -0.39 is 17.6 Å². The summed E-state index contributed by atoms with van der Waals surface area (Å²) in [6.07, 6.45) is 4.60. The number of methoxy groups -OCH3 is 1. The maximum atomic E-state index is 13.6. The summed E-state index contributed by atoms with van der Waals surface area (Å²) in [6.45, 7) is 3.17. The lowest BCUT2D eigenvalue weighted by atomic mass is 10.1. The molecule has 2 aromatic heterocycles. The van der Waals surface area contributed by atoms with Gasteiger partial charge in [-0.25, -0.2) is 4.98 Å². The highest BCUT2D eigenvalue weighted by Gasteiger charge is 2.36. The van der Waals surface area contributed by atoms with Gasteiger partial charge in [0.2, 0.25) is 5.91 Å². The zero-order valence-corrected chi connectivity index (χ0v) is 21.0. The summed E-state index contributed by atoms with van der Waals surface area (Å²) in [4.78, 5) is 59.6. The van der Waals surface area contributed by atoms with Crippen molar-refractivity contribution in [2.24, 2.45) is 0 Å². The fourth-order valence-electron chi connectivity index (χ4n) is 3.99. The molecule has 2 saturated heterocycles. The van der Waals surface area contributed by atoms with Crippen LogP contribution in [0.15, 0.2) is 34.1 Å². The molecule has 35 heavy (non-hydrogen) atoms. The number of hydrogen-bond acceptors (Lipinski definition) is 9. The van der Waals surface area contributed by atoms with Crippen molar-refractivity contribution < 1.29 is 19.1 Å². The number of thioether (sulfide) groups is 1. The number of pyridine rings is 1. The van der Waals surface area contributed by atoms with E-state index in [0.29, 0.717) is 34.5 Å². The third-order valence-electron chi connectivity index (χ3n) is 5.82. The Morgan fingerprint density at radius 1 is 1.34 bits per heavy atom. The number of rotatable bonds is 7.